The van der Waals surface area contributed by atoms with Crippen molar-refractivity contribution < 1.29 is 9.47 Å². The Morgan fingerprint density at radius 1 is 1.29 bits per heavy atom. The van der Waals surface area contributed by atoms with Crippen molar-refractivity contribution in [1.29, 1.82) is 0 Å². The van der Waals surface area contributed by atoms with E-state index in [2.05, 4.69) is 25.1 Å². The molecule has 2 nitrogen and oxygen atoms in total. The Hall–Kier alpha value is -1.02. The highest BCUT2D eigenvalue weighted by atomic mass is 16.6. The van der Waals surface area contributed by atoms with Gasteiger partial charge in [-0.25, -0.2) is 0 Å². The van der Waals surface area contributed by atoms with Gasteiger partial charge in [-0.15, -0.1) is 0 Å². The Labute approximate surface area is 126 Å². The molecule has 0 N–H and O–H groups in total. The minimum Gasteiger partial charge on any atom is -0.497 e. The molecule has 0 unspecified atom stereocenters. The van der Waals surface area contributed by atoms with Crippen LogP contribution in [-0.4, -0.2) is 19.3 Å². The number of ether oxygens (including phenoxy) is 2. The third-order valence-electron chi connectivity index (χ3n) is 7.09. The second kappa shape index (κ2) is 4.04. The van der Waals surface area contributed by atoms with Gasteiger partial charge in [0.1, 0.15) is 5.75 Å². The maximum atomic E-state index is 5.89. The van der Waals surface area contributed by atoms with Gasteiger partial charge >= 0.3 is 0 Å². The molecule has 3 aliphatic carbocycles. The van der Waals surface area contributed by atoms with Crippen LogP contribution >= 0.6 is 0 Å². The highest BCUT2D eigenvalue weighted by Gasteiger charge is 2.66. The maximum absolute atomic E-state index is 5.89. The van der Waals surface area contributed by atoms with Crippen molar-refractivity contribution in [3.05, 3.63) is 29.3 Å². The standard InChI is InChI=1S/C19H24O2/c1-19-8-7-14-13-6-4-12(20-2)9-11(13)3-5-15(14)16(19)10-17-18(19)21-17/h4,6,9,14-18H,3,5,7-8,10H2,1-2H3/t14-,15-,16+,17-,18-,19+/m1/s1. The average Bonchev–Trinajstić information content (AvgIpc) is 3.23. The number of fused-ring (bicyclic) bond motifs is 7. The summed E-state index contributed by atoms with van der Waals surface area (Å²) in [7, 11) is 1.77. The number of methoxy groups -OCH3 is 1. The summed E-state index contributed by atoms with van der Waals surface area (Å²) >= 11 is 0. The fourth-order valence-corrected chi connectivity index (χ4v) is 5.98. The van der Waals surface area contributed by atoms with Crippen molar-refractivity contribution in [3.8, 4) is 5.75 Å². The SMILES string of the molecule is COc1ccc2c(c1)CC[C@@H]1[C@@H]2CC[C@]2(C)[C@@H]3O[C@@H]3C[C@@H]12. The number of aryl methyl sites for hydroxylation is 1. The average molecular weight is 284 g/mol. The number of hydrogen-bond acceptors (Lipinski definition) is 2. The van der Waals surface area contributed by atoms with Gasteiger partial charge in [-0.1, -0.05) is 13.0 Å². The molecule has 1 aliphatic heterocycles. The Kier molecular flexibility index (Phi) is 2.41. The van der Waals surface area contributed by atoms with Gasteiger partial charge in [0.25, 0.3) is 0 Å². The molecule has 2 saturated carbocycles. The van der Waals surface area contributed by atoms with Gasteiger partial charge in [0.2, 0.25) is 0 Å². The zero-order valence-corrected chi connectivity index (χ0v) is 13.0. The molecule has 4 aliphatic rings. The predicted octanol–water partition coefficient (Wildman–Crippen LogP) is 3.93. The monoisotopic (exact) mass is 284 g/mol. The lowest BCUT2D eigenvalue weighted by Gasteiger charge is -2.49. The first-order valence-corrected chi connectivity index (χ1v) is 8.53. The summed E-state index contributed by atoms with van der Waals surface area (Å²) in [4.78, 5) is 0. The van der Waals surface area contributed by atoms with Crippen LogP contribution < -0.4 is 4.74 Å². The summed E-state index contributed by atoms with van der Waals surface area (Å²) in [6.07, 6.45) is 7.83. The summed E-state index contributed by atoms with van der Waals surface area (Å²) in [5.74, 6) is 3.59. The van der Waals surface area contributed by atoms with Crippen LogP contribution in [0.15, 0.2) is 18.2 Å². The molecule has 1 heterocycles. The van der Waals surface area contributed by atoms with Gasteiger partial charge in [0.15, 0.2) is 0 Å². The maximum Gasteiger partial charge on any atom is 0.119 e. The molecule has 0 aromatic heterocycles. The molecule has 0 amide bonds. The predicted molar refractivity (Wildman–Crippen MR) is 81.7 cm³/mol. The van der Waals surface area contributed by atoms with Crippen LogP contribution in [-0.2, 0) is 11.2 Å². The fourth-order valence-electron chi connectivity index (χ4n) is 5.98. The summed E-state index contributed by atoms with van der Waals surface area (Å²) in [5, 5.41) is 0. The van der Waals surface area contributed by atoms with Gasteiger partial charge in [-0.05, 0) is 78.5 Å². The molecule has 6 atom stereocenters. The Morgan fingerprint density at radius 2 is 2.19 bits per heavy atom. The molecule has 1 saturated heterocycles. The van der Waals surface area contributed by atoms with Crippen molar-refractivity contribution in [2.75, 3.05) is 7.11 Å². The number of epoxide rings is 1. The van der Waals surface area contributed by atoms with Gasteiger partial charge < -0.3 is 9.47 Å². The summed E-state index contributed by atoms with van der Waals surface area (Å²) in [6.45, 7) is 2.51. The first-order chi connectivity index (χ1) is 10.2. The van der Waals surface area contributed by atoms with E-state index in [1.165, 1.54) is 32.1 Å². The highest BCUT2D eigenvalue weighted by molar-refractivity contribution is 5.41. The Morgan fingerprint density at radius 3 is 3.05 bits per heavy atom. The second-order valence-electron chi connectivity index (χ2n) is 7.86. The highest BCUT2D eigenvalue weighted by Crippen LogP contribution is 2.66. The molecule has 0 bridgehead atoms. The smallest absolute Gasteiger partial charge is 0.119 e. The molecule has 0 radical (unpaired) electrons. The number of benzene rings is 1. The van der Waals surface area contributed by atoms with Crippen molar-refractivity contribution in [3.63, 3.8) is 0 Å². The molecule has 5 rings (SSSR count). The molecule has 1 aromatic rings. The molecular weight excluding hydrogens is 260 g/mol. The van der Waals surface area contributed by atoms with E-state index in [-0.39, 0.29) is 0 Å². The van der Waals surface area contributed by atoms with E-state index >= 15 is 0 Å². The Balaban J connectivity index is 1.51. The first kappa shape index (κ1) is 12.5. The van der Waals surface area contributed by atoms with Crippen LogP contribution in [0.5, 0.6) is 5.75 Å². The van der Waals surface area contributed by atoms with Crippen LogP contribution in [0.25, 0.3) is 0 Å². The van der Waals surface area contributed by atoms with E-state index in [1.54, 1.807) is 18.2 Å². The van der Waals surface area contributed by atoms with Crippen molar-refractivity contribution in [2.45, 2.75) is 57.2 Å². The largest absolute Gasteiger partial charge is 0.497 e. The first-order valence-electron chi connectivity index (χ1n) is 8.53. The summed E-state index contributed by atoms with van der Waals surface area (Å²) < 4.78 is 11.3. The third-order valence-corrected chi connectivity index (χ3v) is 7.09. The molecule has 2 heteroatoms. The van der Waals surface area contributed by atoms with E-state index in [1.807, 2.05) is 0 Å². The van der Waals surface area contributed by atoms with Crippen LogP contribution in [0.4, 0.5) is 0 Å². The number of hydrogen-bond donors (Lipinski definition) is 0. The van der Waals surface area contributed by atoms with Crippen LogP contribution in [0, 0.1) is 17.3 Å². The van der Waals surface area contributed by atoms with E-state index in [0.29, 0.717) is 17.6 Å². The van der Waals surface area contributed by atoms with Gasteiger partial charge in [-0.3, -0.25) is 0 Å². The van der Waals surface area contributed by atoms with E-state index < -0.39 is 0 Å². The normalized spacial score (nSPS) is 46.1. The zero-order chi connectivity index (χ0) is 14.2. The van der Waals surface area contributed by atoms with Crippen LogP contribution in [0.3, 0.4) is 0 Å². The van der Waals surface area contributed by atoms with Crippen molar-refractivity contribution in [1.82, 2.24) is 0 Å². The summed E-state index contributed by atoms with van der Waals surface area (Å²) in [5.41, 5.74) is 3.64. The minimum atomic E-state index is 0.482. The second-order valence-corrected chi connectivity index (χ2v) is 7.86. The van der Waals surface area contributed by atoms with Crippen molar-refractivity contribution >= 4 is 0 Å². The van der Waals surface area contributed by atoms with Gasteiger partial charge in [-0.2, -0.15) is 0 Å². The van der Waals surface area contributed by atoms with E-state index in [9.17, 15) is 0 Å². The molecule has 0 spiro atoms. The summed E-state index contributed by atoms with van der Waals surface area (Å²) in [6, 6.07) is 6.78. The van der Waals surface area contributed by atoms with Gasteiger partial charge in [0.05, 0.1) is 19.3 Å². The van der Waals surface area contributed by atoms with Gasteiger partial charge in [0, 0.05) is 0 Å². The van der Waals surface area contributed by atoms with Crippen molar-refractivity contribution in [2.24, 2.45) is 17.3 Å². The zero-order valence-electron chi connectivity index (χ0n) is 13.0. The fraction of sp³-hybridized carbons (Fsp3) is 0.684. The lowest BCUT2D eigenvalue weighted by molar-refractivity contribution is 0.00418. The molecule has 3 fully saturated rings. The third kappa shape index (κ3) is 1.57. The lowest BCUT2D eigenvalue weighted by Crippen LogP contribution is -2.42. The van der Waals surface area contributed by atoms with Crippen LogP contribution in [0.2, 0.25) is 0 Å². The quantitative estimate of drug-likeness (QED) is 0.729. The van der Waals surface area contributed by atoms with E-state index in [0.717, 1.165) is 23.5 Å². The molecule has 1 aromatic carbocycles. The lowest BCUT2D eigenvalue weighted by atomic mass is 9.55. The molecule has 112 valence electrons. The minimum absolute atomic E-state index is 0.482. The number of rotatable bonds is 1. The van der Waals surface area contributed by atoms with E-state index in [4.69, 9.17) is 9.47 Å². The molecular formula is C19H24O2. The Bertz CT molecular complexity index is 595. The molecule has 21 heavy (non-hydrogen) atoms. The topological polar surface area (TPSA) is 21.8 Å². The van der Waals surface area contributed by atoms with Crippen LogP contribution in [0.1, 0.15) is 49.7 Å².